The second-order valence-electron chi connectivity index (χ2n) is 6.00. The van der Waals surface area contributed by atoms with E-state index in [2.05, 4.69) is 20.8 Å². The molecule has 0 radical (unpaired) electrons. The number of carboxylic acid groups (broad SMARTS) is 1. The molecule has 0 aliphatic heterocycles. The zero-order valence-electron chi connectivity index (χ0n) is 15.1. The number of aromatic nitrogens is 4. The highest BCUT2D eigenvalue weighted by Crippen LogP contribution is 2.17. The third-order valence-corrected chi connectivity index (χ3v) is 3.60. The van der Waals surface area contributed by atoms with E-state index in [0.717, 1.165) is 4.68 Å². The largest absolute Gasteiger partial charge is 0.480 e. The molecule has 3 N–H and O–H groups in total. The summed E-state index contributed by atoms with van der Waals surface area (Å²) in [6, 6.07) is 0.316. The van der Waals surface area contributed by atoms with Gasteiger partial charge in [0.05, 0.1) is 5.69 Å². The van der Waals surface area contributed by atoms with Gasteiger partial charge in [0.1, 0.15) is 11.7 Å². The van der Waals surface area contributed by atoms with Crippen LogP contribution in [0.4, 0.5) is 5.69 Å². The van der Waals surface area contributed by atoms with E-state index in [1.807, 2.05) is 20.8 Å². The van der Waals surface area contributed by atoms with Gasteiger partial charge in [-0.2, -0.15) is 10.2 Å². The molecule has 0 aliphatic rings. The van der Waals surface area contributed by atoms with Gasteiger partial charge in [-0.15, -0.1) is 0 Å². The number of hydrogen-bond acceptors (Lipinski definition) is 5. The second kappa shape index (κ2) is 7.81. The molecule has 0 saturated carbocycles. The lowest BCUT2D eigenvalue weighted by atomic mass is 10.3. The van der Waals surface area contributed by atoms with Crippen LogP contribution in [0.5, 0.6) is 0 Å². The number of nitrogens with zero attached hydrogens (tertiary/aromatic N) is 4. The van der Waals surface area contributed by atoms with Gasteiger partial charge in [-0.05, 0) is 33.8 Å². The van der Waals surface area contributed by atoms with Crippen molar-refractivity contribution in [3.05, 3.63) is 29.8 Å². The number of carbonyl (C=O) groups is 3. The molecule has 0 bridgehead atoms. The molecule has 2 heterocycles. The van der Waals surface area contributed by atoms with E-state index in [9.17, 15) is 14.4 Å². The fraction of sp³-hybridized carbons (Fsp3) is 0.438. The highest BCUT2D eigenvalue weighted by atomic mass is 16.4. The van der Waals surface area contributed by atoms with Gasteiger partial charge >= 0.3 is 5.97 Å². The van der Waals surface area contributed by atoms with Gasteiger partial charge in [0.25, 0.3) is 11.8 Å². The fourth-order valence-corrected chi connectivity index (χ4v) is 2.27. The molecular formula is C16H22N6O4. The minimum Gasteiger partial charge on any atom is -0.480 e. The molecule has 0 saturated heterocycles. The number of carbonyl (C=O) groups excluding carboxylic acids is 2. The van der Waals surface area contributed by atoms with Crippen molar-refractivity contribution >= 4 is 23.5 Å². The monoisotopic (exact) mass is 362 g/mol. The lowest BCUT2D eigenvalue weighted by molar-refractivity contribution is -0.140. The summed E-state index contributed by atoms with van der Waals surface area (Å²) >= 11 is 0. The van der Waals surface area contributed by atoms with Crippen molar-refractivity contribution < 1.29 is 19.5 Å². The van der Waals surface area contributed by atoms with Gasteiger partial charge in [0, 0.05) is 25.0 Å². The van der Waals surface area contributed by atoms with Crippen molar-refractivity contribution in [2.45, 2.75) is 46.3 Å². The van der Waals surface area contributed by atoms with Gasteiger partial charge in [-0.1, -0.05) is 0 Å². The number of amides is 2. The van der Waals surface area contributed by atoms with Crippen LogP contribution in [0.1, 0.15) is 54.7 Å². The maximum absolute atomic E-state index is 12.6. The Morgan fingerprint density at radius 2 is 1.92 bits per heavy atom. The molecule has 140 valence electrons. The van der Waals surface area contributed by atoms with E-state index < -0.39 is 23.8 Å². The van der Waals surface area contributed by atoms with Crippen LogP contribution in [0.15, 0.2) is 18.5 Å². The summed E-state index contributed by atoms with van der Waals surface area (Å²) in [4.78, 5) is 36.0. The third kappa shape index (κ3) is 4.08. The van der Waals surface area contributed by atoms with E-state index in [-0.39, 0.29) is 23.1 Å². The smallest absolute Gasteiger partial charge is 0.328 e. The first-order chi connectivity index (χ1) is 12.2. The molecule has 10 heteroatoms. The predicted molar refractivity (Wildman–Crippen MR) is 93.0 cm³/mol. The van der Waals surface area contributed by atoms with E-state index in [0.29, 0.717) is 6.54 Å². The van der Waals surface area contributed by atoms with Crippen molar-refractivity contribution in [1.29, 1.82) is 0 Å². The molecule has 26 heavy (non-hydrogen) atoms. The molecule has 1 atom stereocenters. The van der Waals surface area contributed by atoms with Crippen LogP contribution in [-0.4, -0.2) is 48.5 Å². The molecule has 0 aromatic carbocycles. The van der Waals surface area contributed by atoms with E-state index in [4.69, 9.17) is 5.11 Å². The van der Waals surface area contributed by atoms with Crippen LogP contribution in [0.3, 0.4) is 0 Å². The Kier molecular flexibility index (Phi) is 5.75. The quantitative estimate of drug-likeness (QED) is 0.677. The topological polar surface area (TPSA) is 131 Å². The first-order valence-electron chi connectivity index (χ1n) is 8.20. The van der Waals surface area contributed by atoms with Crippen LogP contribution in [-0.2, 0) is 11.3 Å². The van der Waals surface area contributed by atoms with E-state index in [1.165, 1.54) is 23.9 Å². The molecule has 2 aromatic heterocycles. The Balaban J connectivity index is 2.30. The maximum Gasteiger partial charge on any atom is 0.328 e. The molecule has 1 unspecified atom stereocenters. The Labute approximate surface area is 150 Å². The lowest BCUT2D eigenvalue weighted by Crippen LogP contribution is -2.31. The highest BCUT2D eigenvalue weighted by molar-refractivity contribution is 6.07. The number of rotatable bonds is 7. The van der Waals surface area contributed by atoms with Crippen LogP contribution in [0.2, 0.25) is 0 Å². The van der Waals surface area contributed by atoms with Crippen molar-refractivity contribution in [2.24, 2.45) is 0 Å². The number of aryl methyl sites for hydroxylation is 1. The lowest BCUT2D eigenvalue weighted by Gasteiger charge is -2.12. The van der Waals surface area contributed by atoms with Gasteiger partial charge in [-0.25, -0.2) is 9.48 Å². The average Bonchev–Trinajstić information content (AvgIpc) is 3.19. The summed E-state index contributed by atoms with van der Waals surface area (Å²) in [5.74, 6) is -2.10. The SMILES string of the molecule is CCn1cc(NC(=O)c2ccnn2C(C)C(=O)O)c(C(=O)NC(C)C)n1. The van der Waals surface area contributed by atoms with Gasteiger partial charge < -0.3 is 15.7 Å². The predicted octanol–water partition coefficient (Wildman–Crippen LogP) is 1.14. The molecule has 0 aliphatic carbocycles. The number of carboxylic acids is 1. The zero-order valence-corrected chi connectivity index (χ0v) is 15.1. The summed E-state index contributed by atoms with van der Waals surface area (Å²) < 4.78 is 2.64. The zero-order chi connectivity index (χ0) is 19.4. The second-order valence-corrected chi connectivity index (χ2v) is 6.00. The average molecular weight is 362 g/mol. The number of aliphatic carboxylic acids is 1. The molecule has 2 aromatic rings. The van der Waals surface area contributed by atoms with Crippen molar-refractivity contribution in [3.63, 3.8) is 0 Å². The number of nitrogens with one attached hydrogen (secondary N) is 2. The molecular weight excluding hydrogens is 340 g/mol. The van der Waals surface area contributed by atoms with Crippen LogP contribution < -0.4 is 10.6 Å². The normalized spacial score (nSPS) is 12.0. The molecule has 2 rings (SSSR count). The minimum atomic E-state index is -1.11. The van der Waals surface area contributed by atoms with E-state index >= 15 is 0 Å². The van der Waals surface area contributed by atoms with Crippen LogP contribution >= 0.6 is 0 Å². The summed E-state index contributed by atoms with van der Waals surface area (Å²) in [6.07, 6.45) is 2.89. The van der Waals surface area contributed by atoms with Crippen LogP contribution in [0, 0.1) is 0 Å². The summed E-state index contributed by atoms with van der Waals surface area (Å²) in [5, 5.41) is 22.5. The molecule has 10 nitrogen and oxygen atoms in total. The van der Waals surface area contributed by atoms with Crippen molar-refractivity contribution in [3.8, 4) is 0 Å². The summed E-state index contributed by atoms with van der Waals surface area (Å²) in [7, 11) is 0. The first-order valence-corrected chi connectivity index (χ1v) is 8.20. The molecule has 0 spiro atoms. The number of anilines is 1. The Morgan fingerprint density at radius 1 is 1.23 bits per heavy atom. The fourth-order valence-electron chi connectivity index (χ4n) is 2.27. The Bertz CT molecular complexity index is 823. The summed E-state index contributed by atoms with van der Waals surface area (Å²) in [6.45, 7) is 7.43. The van der Waals surface area contributed by atoms with Gasteiger partial charge in [-0.3, -0.25) is 14.3 Å². The van der Waals surface area contributed by atoms with Gasteiger partial charge in [0.15, 0.2) is 5.69 Å². The summed E-state index contributed by atoms with van der Waals surface area (Å²) in [5.41, 5.74) is 0.399. The minimum absolute atomic E-state index is 0.0689. The molecule has 0 fully saturated rings. The Hall–Kier alpha value is -3.17. The first kappa shape index (κ1) is 19.2. The van der Waals surface area contributed by atoms with Crippen LogP contribution in [0.25, 0.3) is 0 Å². The molecule has 2 amide bonds. The third-order valence-electron chi connectivity index (χ3n) is 3.60. The van der Waals surface area contributed by atoms with Gasteiger partial charge in [0.2, 0.25) is 0 Å². The standard InChI is InChI=1S/C16H22N6O4/c1-5-21-8-11(13(20-21)15(24)18-9(2)3)19-14(23)12-6-7-17-22(12)10(4)16(25)26/h6-10H,5H2,1-4H3,(H,18,24)(H,19,23)(H,25,26). The number of hydrogen-bond donors (Lipinski definition) is 3. The Morgan fingerprint density at radius 3 is 2.50 bits per heavy atom. The van der Waals surface area contributed by atoms with E-state index in [1.54, 1.807) is 6.20 Å². The van der Waals surface area contributed by atoms with Crippen molar-refractivity contribution in [2.75, 3.05) is 5.32 Å². The highest BCUT2D eigenvalue weighted by Gasteiger charge is 2.24. The maximum atomic E-state index is 12.6. The van der Waals surface area contributed by atoms with Crippen molar-refractivity contribution in [1.82, 2.24) is 24.9 Å².